The molecule has 3 saturated carbocycles. The van der Waals surface area contributed by atoms with E-state index in [9.17, 15) is 4.79 Å². The van der Waals surface area contributed by atoms with Crippen molar-refractivity contribution >= 4 is 6.16 Å². The molecule has 8 atom stereocenters. The van der Waals surface area contributed by atoms with Crippen LogP contribution >= 0.6 is 0 Å². The van der Waals surface area contributed by atoms with Gasteiger partial charge in [0.15, 0.2) is 11.5 Å². The third-order valence-electron chi connectivity index (χ3n) is 12.9. The van der Waals surface area contributed by atoms with Crippen molar-refractivity contribution in [3.8, 4) is 17.2 Å². The Morgan fingerprint density at radius 1 is 0.889 bits per heavy atom. The van der Waals surface area contributed by atoms with Crippen molar-refractivity contribution in [1.29, 1.82) is 0 Å². The summed E-state index contributed by atoms with van der Waals surface area (Å²) < 4.78 is 27.7. The lowest BCUT2D eigenvalue weighted by molar-refractivity contribution is -0.0620. The minimum absolute atomic E-state index is 0.0736. The lowest BCUT2D eigenvalue weighted by Gasteiger charge is -2.58. The predicted molar refractivity (Wildman–Crippen MR) is 179 cm³/mol. The normalized spacial score (nSPS) is 32.9. The van der Waals surface area contributed by atoms with Gasteiger partial charge in [0.25, 0.3) is 0 Å². The summed E-state index contributed by atoms with van der Waals surface area (Å²) in [6.07, 6.45) is 17.0. The SMILES string of the molecule is COc1cc(COC(=O)OC2CCC3(C)C(=CCC4C3CCC3(C)C(C(C)CCCCC(C)C)CCC43)C2)cc(OC)c1OC. The van der Waals surface area contributed by atoms with E-state index < -0.39 is 6.16 Å². The Hall–Kier alpha value is -2.37. The van der Waals surface area contributed by atoms with E-state index in [4.69, 9.17) is 23.7 Å². The van der Waals surface area contributed by atoms with Gasteiger partial charge in [0.1, 0.15) is 12.7 Å². The van der Waals surface area contributed by atoms with Crippen LogP contribution in [0.5, 0.6) is 17.2 Å². The van der Waals surface area contributed by atoms with Gasteiger partial charge in [-0.05, 0) is 109 Å². The topological polar surface area (TPSA) is 63.2 Å². The summed E-state index contributed by atoms with van der Waals surface area (Å²) in [6.45, 7) is 12.5. The highest BCUT2D eigenvalue weighted by molar-refractivity contribution is 5.61. The van der Waals surface area contributed by atoms with Crippen LogP contribution in [0.3, 0.4) is 0 Å². The fourth-order valence-electron chi connectivity index (χ4n) is 10.5. The average molecular weight is 625 g/mol. The quantitative estimate of drug-likeness (QED) is 0.131. The van der Waals surface area contributed by atoms with Crippen LogP contribution in [0.1, 0.15) is 117 Å². The molecule has 252 valence electrons. The summed E-state index contributed by atoms with van der Waals surface area (Å²) in [4.78, 5) is 12.8. The third-order valence-corrected chi connectivity index (χ3v) is 12.9. The zero-order chi connectivity index (χ0) is 32.4. The number of unbranched alkanes of at least 4 members (excludes halogenated alkanes) is 1. The van der Waals surface area contributed by atoms with Gasteiger partial charge in [-0.3, -0.25) is 0 Å². The van der Waals surface area contributed by atoms with Crippen molar-refractivity contribution in [1.82, 2.24) is 0 Å². The van der Waals surface area contributed by atoms with Crippen LogP contribution in [-0.2, 0) is 16.1 Å². The van der Waals surface area contributed by atoms with Gasteiger partial charge in [-0.1, -0.05) is 72.0 Å². The number of hydrogen-bond acceptors (Lipinski definition) is 6. The van der Waals surface area contributed by atoms with Crippen LogP contribution in [0.25, 0.3) is 0 Å². The van der Waals surface area contributed by atoms with E-state index in [0.29, 0.717) is 22.7 Å². The van der Waals surface area contributed by atoms with E-state index in [1.165, 1.54) is 63.4 Å². The molecule has 0 amide bonds. The maximum Gasteiger partial charge on any atom is 0.508 e. The van der Waals surface area contributed by atoms with Crippen LogP contribution in [0, 0.1) is 46.3 Å². The molecule has 4 aliphatic rings. The maximum absolute atomic E-state index is 12.8. The average Bonchev–Trinajstić information content (AvgIpc) is 3.38. The van der Waals surface area contributed by atoms with E-state index in [2.05, 4.69) is 40.7 Å². The summed E-state index contributed by atoms with van der Waals surface area (Å²) in [5, 5.41) is 0. The van der Waals surface area contributed by atoms with Gasteiger partial charge in [0, 0.05) is 6.42 Å². The summed E-state index contributed by atoms with van der Waals surface area (Å²) >= 11 is 0. The molecule has 6 nitrogen and oxygen atoms in total. The summed E-state index contributed by atoms with van der Waals surface area (Å²) in [6, 6.07) is 3.58. The Labute approximate surface area is 272 Å². The Balaban J connectivity index is 1.17. The molecule has 0 saturated heterocycles. The first-order chi connectivity index (χ1) is 21.5. The number of carbonyl (C=O) groups excluding carboxylic acids is 1. The van der Waals surface area contributed by atoms with Gasteiger partial charge in [0.2, 0.25) is 5.75 Å². The van der Waals surface area contributed by atoms with Gasteiger partial charge in [-0.2, -0.15) is 0 Å². The summed E-state index contributed by atoms with van der Waals surface area (Å²) in [5.41, 5.74) is 3.00. The van der Waals surface area contributed by atoms with E-state index in [0.717, 1.165) is 60.3 Å². The Bertz CT molecular complexity index is 1180. The van der Waals surface area contributed by atoms with Crippen molar-refractivity contribution in [3.05, 3.63) is 29.3 Å². The van der Waals surface area contributed by atoms with Crippen molar-refractivity contribution in [3.63, 3.8) is 0 Å². The van der Waals surface area contributed by atoms with E-state index in [1.807, 2.05) is 0 Å². The van der Waals surface area contributed by atoms with Gasteiger partial charge in [-0.25, -0.2) is 4.79 Å². The molecule has 6 heteroatoms. The van der Waals surface area contributed by atoms with Crippen LogP contribution in [0.4, 0.5) is 4.79 Å². The van der Waals surface area contributed by atoms with Crippen LogP contribution in [0.15, 0.2) is 23.8 Å². The van der Waals surface area contributed by atoms with Gasteiger partial charge in [-0.15, -0.1) is 0 Å². The fourth-order valence-corrected chi connectivity index (χ4v) is 10.5. The smallest absolute Gasteiger partial charge is 0.493 e. The predicted octanol–water partition coefficient (Wildman–Crippen LogP) is 10.2. The van der Waals surface area contributed by atoms with Gasteiger partial charge < -0.3 is 23.7 Å². The maximum atomic E-state index is 12.8. The molecule has 45 heavy (non-hydrogen) atoms. The molecule has 0 radical (unpaired) electrons. The second kappa shape index (κ2) is 14.2. The fraction of sp³-hybridized carbons (Fsp3) is 0.769. The zero-order valence-corrected chi connectivity index (χ0v) is 29.4. The number of allylic oxidation sites excluding steroid dienone is 1. The number of fused-ring (bicyclic) bond motifs is 5. The van der Waals surface area contributed by atoms with Gasteiger partial charge >= 0.3 is 6.16 Å². The summed E-state index contributed by atoms with van der Waals surface area (Å²) in [7, 11) is 4.71. The minimum atomic E-state index is -0.615. The molecular weight excluding hydrogens is 564 g/mol. The first kappa shape index (κ1) is 34.0. The highest BCUT2D eigenvalue weighted by Crippen LogP contribution is 2.67. The molecule has 5 rings (SSSR count). The Kier molecular flexibility index (Phi) is 10.7. The number of rotatable bonds is 12. The van der Waals surface area contributed by atoms with Crippen molar-refractivity contribution in [2.75, 3.05) is 21.3 Å². The monoisotopic (exact) mass is 624 g/mol. The number of ether oxygens (including phenoxy) is 5. The molecule has 4 aliphatic carbocycles. The van der Waals surface area contributed by atoms with Crippen molar-refractivity contribution in [2.45, 2.75) is 124 Å². The highest BCUT2D eigenvalue weighted by atomic mass is 16.7. The molecular formula is C39H60O6. The molecule has 0 spiro atoms. The number of methoxy groups -OCH3 is 3. The highest BCUT2D eigenvalue weighted by Gasteiger charge is 2.59. The molecule has 3 fully saturated rings. The van der Waals surface area contributed by atoms with Gasteiger partial charge in [0.05, 0.1) is 21.3 Å². The van der Waals surface area contributed by atoms with E-state index >= 15 is 0 Å². The number of benzene rings is 1. The minimum Gasteiger partial charge on any atom is -0.493 e. The van der Waals surface area contributed by atoms with Crippen molar-refractivity contribution < 1.29 is 28.5 Å². The molecule has 1 aromatic rings. The Morgan fingerprint density at radius 3 is 2.27 bits per heavy atom. The summed E-state index contributed by atoms with van der Waals surface area (Å²) in [5.74, 6) is 6.53. The second-order valence-corrected chi connectivity index (χ2v) is 15.7. The molecule has 1 aromatic carbocycles. The molecule has 0 N–H and O–H groups in total. The second-order valence-electron chi connectivity index (χ2n) is 15.7. The first-order valence-corrected chi connectivity index (χ1v) is 17.9. The largest absolute Gasteiger partial charge is 0.508 e. The molecule has 0 aliphatic heterocycles. The van der Waals surface area contributed by atoms with Crippen LogP contribution in [0.2, 0.25) is 0 Å². The van der Waals surface area contributed by atoms with Crippen LogP contribution in [-0.4, -0.2) is 33.6 Å². The molecule has 8 unspecified atom stereocenters. The third kappa shape index (κ3) is 6.86. The Morgan fingerprint density at radius 2 is 1.60 bits per heavy atom. The molecule has 0 bridgehead atoms. The lowest BCUT2D eigenvalue weighted by Crippen LogP contribution is -2.51. The van der Waals surface area contributed by atoms with E-state index in [1.54, 1.807) is 33.5 Å². The standard InChI is InChI=1S/C39H60O6/c1-25(2)11-9-10-12-26(3)31-15-16-32-30-14-13-28-23-29(17-19-38(28,4)33(30)18-20-39(31,32)5)45-37(40)44-24-27-21-34(41-6)36(43-8)35(22-27)42-7/h13,21-22,25-26,29-33H,9-12,14-20,23-24H2,1-8H3. The number of hydrogen-bond donors (Lipinski definition) is 0. The number of carbonyl (C=O) groups is 1. The lowest BCUT2D eigenvalue weighted by atomic mass is 9.47. The zero-order valence-electron chi connectivity index (χ0n) is 29.4. The van der Waals surface area contributed by atoms with E-state index in [-0.39, 0.29) is 18.1 Å². The first-order valence-electron chi connectivity index (χ1n) is 17.9. The van der Waals surface area contributed by atoms with Crippen molar-refractivity contribution in [2.24, 2.45) is 46.3 Å². The van der Waals surface area contributed by atoms with Crippen LogP contribution < -0.4 is 14.2 Å². The molecule has 0 aromatic heterocycles. The molecule has 0 heterocycles.